The molecule has 1 saturated heterocycles. The summed E-state index contributed by atoms with van der Waals surface area (Å²) in [5.41, 5.74) is 14.1. The highest BCUT2D eigenvalue weighted by Crippen LogP contribution is 2.34. The molecule has 1 fully saturated rings. The number of aromatic amines is 1. The zero-order valence-electron chi connectivity index (χ0n) is 24.9. The number of hydrogen-bond acceptors (Lipinski definition) is 10. The van der Waals surface area contributed by atoms with Gasteiger partial charge in [0, 0.05) is 19.6 Å². The number of unbranched alkanes of at least 4 members (excludes halogenated alkanes) is 1. The van der Waals surface area contributed by atoms with Crippen LogP contribution in [0.2, 0.25) is 0 Å². The Morgan fingerprint density at radius 1 is 1.17 bits per heavy atom. The summed E-state index contributed by atoms with van der Waals surface area (Å²) < 4.78 is 11.9. The summed E-state index contributed by atoms with van der Waals surface area (Å²) in [4.78, 5) is 53.5. The first-order chi connectivity index (χ1) is 20.1. The highest BCUT2D eigenvalue weighted by Gasteiger charge is 2.46. The Morgan fingerprint density at radius 3 is 2.55 bits per heavy atom. The molecule has 1 aliphatic heterocycles. The predicted molar refractivity (Wildman–Crippen MR) is 159 cm³/mol. The lowest BCUT2D eigenvalue weighted by molar-refractivity contribution is -0.139. The van der Waals surface area contributed by atoms with Gasteiger partial charge in [-0.05, 0) is 37.3 Å². The molecule has 0 saturated carbocycles. The number of methoxy groups -OCH3 is 1. The van der Waals surface area contributed by atoms with Gasteiger partial charge in [-0.15, -0.1) is 0 Å². The predicted octanol–water partition coefficient (Wildman–Crippen LogP) is 1.74. The first kappa shape index (κ1) is 31.0. The number of ether oxygens (including phenoxy) is 2. The summed E-state index contributed by atoms with van der Waals surface area (Å²) in [5.74, 6) is -0.233. The minimum Gasteiger partial charge on any atom is -0.469 e. The molecule has 4 rings (SSSR count). The zero-order chi connectivity index (χ0) is 30.4. The Bertz CT molecular complexity index is 1450. The molecule has 1 aromatic carbocycles. The summed E-state index contributed by atoms with van der Waals surface area (Å²) in [6.45, 7) is 8.06. The standard InChI is InChI=1S/C29H42N8O5/c1-5-7-15-42-27-33-24(30)23-25(34-27)37(28(40)32-23)29(3)12-14-36(26(29)31)18-21(38)35(13-6-2)17-20-10-8-19(9-11-20)16-22(39)41-4/h8-11,26H,5-7,12-18,31H2,1-4H3,(H,32,40)(H2,30,33,34)/t26-,29?/m0/s1. The molecule has 5 N–H and O–H groups in total. The Balaban J connectivity index is 1.50. The van der Waals surface area contributed by atoms with Crippen LogP contribution in [-0.4, -0.2) is 80.7 Å². The molecule has 0 bridgehead atoms. The van der Waals surface area contributed by atoms with Gasteiger partial charge in [0.15, 0.2) is 11.5 Å². The van der Waals surface area contributed by atoms with Gasteiger partial charge in [-0.2, -0.15) is 9.97 Å². The molecular formula is C29H42N8O5. The van der Waals surface area contributed by atoms with E-state index in [1.54, 1.807) is 0 Å². The molecule has 3 heterocycles. The van der Waals surface area contributed by atoms with Gasteiger partial charge in [0.05, 0.1) is 38.4 Å². The molecule has 42 heavy (non-hydrogen) atoms. The van der Waals surface area contributed by atoms with Crippen LogP contribution in [0.1, 0.15) is 57.6 Å². The molecule has 2 atom stereocenters. The van der Waals surface area contributed by atoms with Crippen LogP contribution >= 0.6 is 0 Å². The van der Waals surface area contributed by atoms with Crippen LogP contribution in [0.25, 0.3) is 11.2 Å². The van der Waals surface area contributed by atoms with Crippen molar-refractivity contribution in [1.82, 2.24) is 29.3 Å². The molecule has 1 unspecified atom stereocenters. The van der Waals surface area contributed by atoms with Gasteiger partial charge < -0.3 is 30.8 Å². The fourth-order valence-corrected chi connectivity index (χ4v) is 5.36. The number of imidazole rings is 1. The summed E-state index contributed by atoms with van der Waals surface area (Å²) in [7, 11) is 1.36. The van der Waals surface area contributed by atoms with E-state index < -0.39 is 17.4 Å². The van der Waals surface area contributed by atoms with Crippen molar-refractivity contribution in [3.63, 3.8) is 0 Å². The van der Waals surface area contributed by atoms with Crippen molar-refractivity contribution in [3.05, 3.63) is 45.9 Å². The fourth-order valence-electron chi connectivity index (χ4n) is 5.36. The summed E-state index contributed by atoms with van der Waals surface area (Å²) in [5, 5.41) is 0. The molecule has 0 radical (unpaired) electrons. The van der Waals surface area contributed by atoms with Crippen molar-refractivity contribution in [2.24, 2.45) is 5.73 Å². The third kappa shape index (κ3) is 6.57. The van der Waals surface area contributed by atoms with Gasteiger partial charge in [-0.3, -0.25) is 19.1 Å². The van der Waals surface area contributed by atoms with Crippen LogP contribution in [0.5, 0.6) is 6.01 Å². The second kappa shape index (κ2) is 13.3. The number of rotatable bonds is 13. The van der Waals surface area contributed by atoms with Crippen molar-refractivity contribution in [3.8, 4) is 6.01 Å². The number of nitrogens with zero attached hydrogens (tertiary/aromatic N) is 5. The molecule has 1 aliphatic rings. The normalized spacial score (nSPS) is 18.8. The number of aromatic nitrogens is 4. The number of amides is 1. The molecule has 2 aromatic heterocycles. The molecule has 1 amide bonds. The number of hydrogen-bond donors (Lipinski definition) is 3. The minimum atomic E-state index is -0.859. The molecular weight excluding hydrogens is 540 g/mol. The molecule has 13 nitrogen and oxygen atoms in total. The Morgan fingerprint density at radius 2 is 1.88 bits per heavy atom. The van der Waals surface area contributed by atoms with Crippen LogP contribution in [0.4, 0.5) is 5.82 Å². The summed E-state index contributed by atoms with van der Waals surface area (Å²) in [6, 6.07) is 7.70. The topological polar surface area (TPSA) is 175 Å². The Hall–Kier alpha value is -3.97. The number of esters is 1. The van der Waals surface area contributed by atoms with Crippen LogP contribution in [0.15, 0.2) is 29.1 Å². The number of likely N-dealkylation sites (tertiary alicyclic amines) is 1. The van der Waals surface area contributed by atoms with Gasteiger partial charge >= 0.3 is 17.7 Å². The van der Waals surface area contributed by atoms with Crippen molar-refractivity contribution < 1.29 is 19.1 Å². The second-order valence-corrected chi connectivity index (χ2v) is 11.0. The molecule has 3 aromatic rings. The number of H-pyrrole nitrogens is 1. The number of carbonyl (C=O) groups excluding carboxylic acids is 2. The smallest absolute Gasteiger partial charge is 0.328 e. The second-order valence-electron chi connectivity index (χ2n) is 11.0. The summed E-state index contributed by atoms with van der Waals surface area (Å²) >= 11 is 0. The van der Waals surface area contributed by atoms with E-state index in [0.717, 1.165) is 30.4 Å². The number of fused-ring (bicyclic) bond motifs is 1. The number of nitrogens with one attached hydrogen (secondary N) is 1. The largest absolute Gasteiger partial charge is 0.469 e. The number of carbonyl (C=O) groups is 2. The average Bonchev–Trinajstić information content (AvgIpc) is 3.45. The van der Waals surface area contributed by atoms with E-state index in [1.165, 1.54) is 11.7 Å². The van der Waals surface area contributed by atoms with E-state index in [0.29, 0.717) is 43.8 Å². The zero-order valence-corrected chi connectivity index (χ0v) is 24.9. The summed E-state index contributed by atoms with van der Waals surface area (Å²) in [6.07, 6.45) is 2.67. The number of nitrogens with two attached hydrogens (primary N) is 2. The molecule has 228 valence electrons. The minimum absolute atomic E-state index is 0.0559. The number of anilines is 1. The average molecular weight is 583 g/mol. The first-order valence-corrected chi connectivity index (χ1v) is 14.4. The number of benzene rings is 1. The van der Waals surface area contributed by atoms with E-state index in [1.807, 2.05) is 47.9 Å². The lowest BCUT2D eigenvalue weighted by atomic mass is 9.98. The van der Waals surface area contributed by atoms with Gasteiger partial charge in [-0.25, -0.2) is 4.79 Å². The van der Waals surface area contributed by atoms with Gasteiger partial charge in [0.25, 0.3) is 0 Å². The van der Waals surface area contributed by atoms with Gasteiger partial charge in [0.2, 0.25) is 5.91 Å². The van der Waals surface area contributed by atoms with Crippen molar-refractivity contribution >= 4 is 28.9 Å². The van der Waals surface area contributed by atoms with Gasteiger partial charge in [-0.1, -0.05) is 44.5 Å². The van der Waals surface area contributed by atoms with Crippen LogP contribution in [0.3, 0.4) is 0 Å². The van der Waals surface area contributed by atoms with E-state index >= 15 is 0 Å². The lowest BCUT2D eigenvalue weighted by Gasteiger charge is -2.34. The highest BCUT2D eigenvalue weighted by molar-refractivity contribution is 5.82. The van der Waals surface area contributed by atoms with Crippen LogP contribution in [0, 0.1) is 0 Å². The maximum Gasteiger partial charge on any atom is 0.328 e. The molecule has 0 spiro atoms. The number of nitrogen functional groups attached to an aromatic ring is 1. The first-order valence-electron chi connectivity index (χ1n) is 14.4. The van der Waals surface area contributed by atoms with Crippen molar-refractivity contribution in [2.75, 3.05) is 39.1 Å². The highest BCUT2D eigenvalue weighted by atomic mass is 16.5. The van der Waals surface area contributed by atoms with E-state index in [9.17, 15) is 14.4 Å². The van der Waals surface area contributed by atoms with E-state index in [4.69, 9.17) is 20.9 Å². The van der Waals surface area contributed by atoms with Gasteiger partial charge in [0.1, 0.15) is 5.52 Å². The maximum absolute atomic E-state index is 13.5. The third-order valence-corrected chi connectivity index (χ3v) is 7.88. The fraction of sp³-hybridized carbons (Fsp3) is 0.552. The molecule has 13 heteroatoms. The van der Waals surface area contributed by atoms with E-state index in [-0.39, 0.29) is 36.7 Å². The van der Waals surface area contributed by atoms with Crippen molar-refractivity contribution in [2.45, 2.75) is 71.1 Å². The SMILES string of the molecule is CCCCOc1nc(N)c2[nH]c(=O)n(C3(C)CCN(CC(=O)N(CCC)Cc4ccc(CC(=O)OC)cc4)[C@@H]3N)c2n1. The van der Waals surface area contributed by atoms with Crippen LogP contribution in [-0.2, 0) is 32.8 Å². The van der Waals surface area contributed by atoms with Crippen molar-refractivity contribution in [1.29, 1.82) is 0 Å². The van der Waals surface area contributed by atoms with E-state index in [2.05, 4.69) is 21.9 Å². The Kier molecular flexibility index (Phi) is 9.84. The quantitative estimate of drug-likeness (QED) is 0.199. The Labute approximate surface area is 245 Å². The lowest BCUT2D eigenvalue weighted by Crippen LogP contribution is -2.55. The van der Waals surface area contributed by atoms with Crippen LogP contribution < -0.4 is 21.9 Å². The molecule has 0 aliphatic carbocycles. The maximum atomic E-state index is 13.5. The monoisotopic (exact) mass is 582 g/mol. The third-order valence-electron chi connectivity index (χ3n) is 7.88.